The molecule has 9 nitrogen and oxygen atoms in total. The van der Waals surface area contributed by atoms with E-state index < -0.39 is 33.7 Å². The van der Waals surface area contributed by atoms with Crippen molar-refractivity contribution in [2.75, 3.05) is 32.1 Å². The number of piperidine rings is 1. The SMILES string of the molecule is COc1ccc(S(=O)(=O)N2CCCCC2)cc1NC(=O)[C@H]1CCCN1C(=O)OC(C)(C)C. The van der Waals surface area contributed by atoms with Crippen molar-refractivity contribution in [3.05, 3.63) is 18.2 Å². The van der Waals surface area contributed by atoms with E-state index in [1.807, 2.05) is 0 Å². The van der Waals surface area contributed by atoms with Crippen LogP contribution in [0.2, 0.25) is 0 Å². The second kappa shape index (κ2) is 9.66. The summed E-state index contributed by atoms with van der Waals surface area (Å²) in [6.07, 6.45) is 3.33. The standard InChI is InChI=1S/C22H33N3O6S/c1-22(2,3)31-21(27)25-14-8-9-18(25)20(26)23-17-15-16(10-11-19(17)30-4)32(28,29)24-12-6-5-7-13-24/h10-11,15,18H,5-9,12-14H2,1-4H3,(H,23,26)/t18-/m1/s1. The van der Waals surface area contributed by atoms with Crippen molar-refractivity contribution in [1.29, 1.82) is 0 Å². The number of ether oxygens (including phenoxy) is 2. The number of nitrogens with one attached hydrogen (secondary N) is 1. The first-order valence-corrected chi connectivity index (χ1v) is 12.5. The van der Waals surface area contributed by atoms with E-state index in [0.717, 1.165) is 19.3 Å². The molecule has 0 radical (unpaired) electrons. The monoisotopic (exact) mass is 467 g/mol. The molecule has 1 aromatic rings. The Morgan fingerprint density at radius 3 is 2.38 bits per heavy atom. The van der Waals surface area contributed by atoms with Gasteiger partial charge in [0.1, 0.15) is 17.4 Å². The van der Waals surface area contributed by atoms with Gasteiger partial charge in [-0.15, -0.1) is 0 Å². The lowest BCUT2D eigenvalue weighted by molar-refractivity contribution is -0.120. The smallest absolute Gasteiger partial charge is 0.410 e. The van der Waals surface area contributed by atoms with Gasteiger partial charge in [0.2, 0.25) is 15.9 Å². The molecule has 0 saturated carbocycles. The summed E-state index contributed by atoms with van der Waals surface area (Å²) in [5.74, 6) is -0.0584. The van der Waals surface area contributed by atoms with Gasteiger partial charge in [-0.25, -0.2) is 13.2 Å². The minimum atomic E-state index is -3.67. The summed E-state index contributed by atoms with van der Waals surface area (Å²) in [6, 6.07) is 3.75. The van der Waals surface area contributed by atoms with Crippen LogP contribution in [0, 0.1) is 0 Å². The van der Waals surface area contributed by atoms with Gasteiger partial charge >= 0.3 is 6.09 Å². The first-order chi connectivity index (χ1) is 15.0. The maximum absolute atomic E-state index is 13.1. The maximum atomic E-state index is 13.1. The zero-order chi connectivity index (χ0) is 23.5. The molecule has 10 heteroatoms. The van der Waals surface area contributed by atoms with Gasteiger partial charge in [-0.1, -0.05) is 6.42 Å². The van der Waals surface area contributed by atoms with Crippen LogP contribution in [0.5, 0.6) is 5.75 Å². The fourth-order valence-corrected chi connectivity index (χ4v) is 5.54. The van der Waals surface area contributed by atoms with E-state index in [-0.39, 0.29) is 10.6 Å². The third-order valence-corrected chi connectivity index (χ3v) is 7.46. The maximum Gasteiger partial charge on any atom is 0.410 e. The van der Waals surface area contributed by atoms with Crippen molar-refractivity contribution in [3.8, 4) is 5.75 Å². The molecule has 1 atom stereocenters. The Morgan fingerprint density at radius 1 is 1.06 bits per heavy atom. The molecule has 1 N–H and O–H groups in total. The molecule has 2 aliphatic rings. The molecule has 2 saturated heterocycles. The molecular weight excluding hydrogens is 434 g/mol. The van der Waals surface area contributed by atoms with E-state index in [1.165, 1.54) is 34.5 Å². The van der Waals surface area contributed by atoms with Crippen LogP contribution in [0.25, 0.3) is 0 Å². The summed E-state index contributed by atoms with van der Waals surface area (Å²) in [4.78, 5) is 27.1. The molecule has 178 valence electrons. The number of nitrogens with zero attached hydrogens (tertiary/aromatic N) is 2. The number of carbonyl (C=O) groups is 2. The van der Waals surface area contributed by atoms with Crippen LogP contribution in [0.1, 0.15) is 52.9 Å². The van der Waals surface area contributed by atoms with Gasteiger partial charge in [-0.05, 0) is 64.7 Å². The van der Waals surface area contributed by atoms with Gasteiger partial charge in [0.25, 0.3) is 0 Å². The van der Waals surface area contributed by atoms with Crippen LogP contribution in [-0.2, 0) is 19.6 Å². The molecule has 0 spiro atoms. The molecule has 2 fully saturated rings. The minimum Gasteiger partial charge on any atom is -0.495 e. The lowest BCUT2D eigenvalue weighted by atomic mass is 10.2. The number of anilines is 1. The zero-order valence-electron chi connectivity index (χ0n) is 19.2. The van der Waals surface area contributed by atoms with Gasteiger partial charge in [-0.3, -0.25) is 9.69 Å². The molecule has 0 unspecified atom stereocenters. The van der Waals surface area contributed by atoms with Crippen LogP contribution in [-0.4, -0.2) is 68.0 Å². The Labute approximate surface area is 190 Å². The molecule has 0 aliphatic carbocycles. The lowest BCUT2D eigenvalue weighted by Crippen LogP contribution is -2.45. The molecule has 2 amide bonds. The number of amides is 2. The third kappa shape index (κ3) is 5.53. The third-order valence-electron chi connectivity index (χ3n) is 5.57. The number of methoxy groups -OCH3 is 1. The van der Waals surface area contributed by atoms with E-state index in [1.54, 1.807) is 20.8 Å². The van der Waals surface area contributed by atoms with Gasteiger partial charge in [0, 0.05) is 19.6 Å². The van der Waals surface area contributed by atoms with Crippen LogP contribution >= 0.6 is 0 Å². The molecule has 1 aromatic carbocycles. The fourth-order valence-electron chi connectivity index (χ4n) is 3.99. The Balaban J connectivity index is 1.80. The number of likely N-dealkylation sites (tertiary alicyclic amines) is 1. The van der Waals surface area contributed by atoms with Crippen LogP contribution < -0.4 is 10.1 Å². The molecule has 2 aliphatic heterocycles. The summed E-state index contributed by atoms with van der Waals surface area (Å²) < 4.78 is 38.4. The summed E-state index contributed by atoms with van der Waals surface area (Å²) in [6.45, 7) is 6.72. The Hall–Kier alpha value is -2.33. The van der Waals surface area contributed by atoms with Crippen molar-refractivity contribution in [2.24, 2.45) is 0 Å². The van der Waals surface area contributed by atoms with E-state index in [2.05, 4.69) is 5.32 Å². The topological polar surface area (TPSA) is 105 Å². The largest absolute Gasteiger partial charge is 0.495 e. The highest BCUT2D eigenvalue weighted by Gasteiger charge is 2.37. The summed E-state index contributed by atoms with van der Waals surface area (Å²) in [5.41, 5.74) is -0.409. The molecular formula is C22H33N3O6S. The van der Waals surface area contributed by atoms with Crippen molar-refractivity contribution in [1.82, 2.24) is 9.21 Å². The van der Waals surface area contributed by atoms with E-state index in [9.17, 15) is 18.0 Å². The first kappa shape index (κ1) is 24.3. The predicted molar refractivity (Wildman–Crippen MR) is 120 cm³/mol. The van der Waals surface area contributed by atoms with E-state index in [0.29, 0.717) is 38.2 Å². The van der Waals surface area contributed by atoms with Gasteiger partial charge in [0.05, 0.1) is 17.7 Å². The number of rotatable bonds is 5. The highest BCUT2D eigenvalue weighted by molar-refractivity contribution is 7.89. The summed E-state index contributed by atoms with van der Waals surface area (Å²) in [7, 11) is -2.22. The van der Waals surface area contributed by atoms with Crippen molar-refractivity contribution in [2.45, 2.75) is 69.4 Å². The number of hydrogen-bond acceptors (Lipinski definition) is 6. The molecule has 0 aromatic heterocycles. The molecule has 2 heterocycles. The van der Waals surface area contributed by atoms with E-state index in [4.69, 9.17) is 9.47 Å². The minimum absolute atomic E-state index is 0.103. The quantitative estimate of drug-likeness (QED) is 0.713. The average molecular weight is 468 g/mol. The molecule has 0 bridgehead atoms. The second-order valence-electron chi connectivity index (χ2n) is 9.15. The average Bonchev–Trinajstić information content (AvgIpc) is 3.23. The van der Waals surface area contributed by atoms with Crippen LogP contribution in [0.3, 0.4) is 0 Å². The fraction of sp³-hybridized carbons (Fsp3) is 0.636. The first-order valence-electron chi connectivity index (χ1n) is 11.0. The predicted octanol–water partition coefficient (Wildman–Crippen LogP) is 3.21. The number of sulfonamides is 1. The second-order valence-corrected chi connectivity index (χ2v) is 11.1. The van der Waals surface area contributed by atoms with Gasteiger partial charge in [-0.2, -0.15) is 4.31 Å². The van der Waals surface area contributed by atoms with Crippen molar-refractivity contribution < 1.29 is 27.5 Å². The van der Waals surface area contributed by atoms with Gasteiger partial charge in [0.15, 0.2) is 0 Å². The lowest BCUT2D eigenvalue weighted by Gasteiger charge is -2.28. The van der Waals surface area contributed by atoms with Gasteiger partial charge < -0.3 is 14.8 Å². The number of hydrogen-bond donors (Lipinski definition) is 1. The summed E-state index contributed by atoms with van der Waals surface area (Å²) >= 11 is 0. The van der Waals surface area contributed by atoms with Crippen molar-refractivity contribution >= 4 is 27.7 Å². The molecule has 32 heavy (non-hydrogen) atoms. The van der Waals surface area contributed by atoms with Crippen LogP contribution in [0.4, 0.5) is 10.5 Å². The zero-order valence-corrected chi connectivity index (χ0v) is 20.0. The number of carbonyl (C=O) groups excluding carboxylic acids is 2. The Kier molecular flexibility index (Phi) is 7.34. The Bertz CT molecular complexity index is 951. The normalized spacial score (nSPS) is 20.1. The highest BCUT2D eigenvalue weighted by Crippen LogP contribution is 2.31. The van der Waals surface area contributed by atoms with Crippen LogP contribution in [0.15, 0.2) is 23.1 Å². The molecule has 3 rings (SSSR count). The van der Waals surface area contributed by atoms with E-state index >= 15 is 0 Å². The van der Waals surface area contributed by atoms with Crippen molar-refractivity contribution in [3.63, 3.8) is 0 Å². The summed E-state index contributed by atoms with van der Waals surface area (Å²) in [5, 5.41) is 2.77. The Morgan fingerprint density at radius 2 is 1.75 bits per heavy atom. The highest BCUT2D eigenvalue weighted by atomic mass is 32.2. The number of benzene rings is 1.